The summed E-state index contributed by atoms with van der Waals surface area (Å²) in [6.07, 6.45) is 0.786. The van der Waals surface area contributed by atoms with E-state index in [1.165, 1.54) is 0 Å². The van der Waals surface area contributed by atoms with Crippen molar-refractivity contribution in [3.05, 3.63) is 29.3 Å². The zero-order chi connectivity index (χ0) is 14.0. The van der Waals surface area contributed by atoms with Crippen molar-refractivity contribution in [3.63, 3.8) is 0 Å². The minimum atomic E-state index is -0.492. The standard InChI is InChI=1S/C13H18N4O2/c14-11-5-8(12(15)18)1-2-9(11)6-17-4-3-10(7-17)13(16)19/h1-2,5,10H,3-4,6-7,14H2,(H2,15,18)(H2,16,19). The first-order valence-corrected chi connectivity index (χ1v) is 6.17. The molecule has 2 amide bonds. The van der Waals surface area contributed by atoms with E-state index >= 15 is 0 Å². The molecule has 1 atom stereocenters. The third-order valence-electron chi connectivity index (χ3n) is 3.50. The highest BCUT2D eigenvalue weighted by Crippen LogP contribution is 2.21. The van der Waals surface area contributed by atoms with Gasteiger partial charge in [0.1, 0.15) is 0 Å². The number of nitrogen functional groups attached to an aromatic ring is 1. The van der Waals surface area contributed by atoms with E-state index in [0.717, 1.165) is 18.5 Å². The lowest BCUT2D eigenvalue weighted by molar-refractivity contribution is -0.121. The molecule has 102 valence electrons. The highest BCUT2D eigenvalue weighted by molar-refractivity contribution is 5.93. The number of rotatable bonds is 4. The van der Waals surface area contributed by atoms with Gasteiger partial charge in [0, 0.05) is 24.3 Å². The van der Waals surface area contributed by atoms with Crippen LogP contribution in [0.2, 0.25) is 0 Å². The Kier molecular flexibility index (Phi) is 3.71. The van der Waals surface area contributed by atoms with Crippen molar-refractivity contribution in [1.29, 1.82) is 0 Å². The summed E-state index contributed by atoms with van der Waals surface area (Å²) in [5.41, 5.74) is 18.3. The molecule has 6 nitrogen and oxygen atoms in total. The summed E-state index contributed by atoms with van der Waals surface area (Å²) in [5, 5.41) is 0. The fourth-order valence-corrected chi connectivity index (χ4v) is 2.34. The lowest BCUT2D eigenvalue weighted by Gasteiger charge is -2.17. The van der Waals surface area contributed by atoms with E-state index in [1.54, 1.807) is 18.2 Å². The number of hydrogen-bond acceptors (Lipinski definition) is 4. The zero-order valence-electron chi connectivity index (χ0n) is 10.6. The molecule has 0 bridgehead atoms. The van der Waals surface area contributed by atoms with Crippen LogP contribution < -0.4 is 17.2 Å². The molecule has 1 heterocycles. The molecule has 0 aromatic heterocycles. The van der Waals surface area contributed by atoms with E-state index in [-0.39, 0.29) is 11.8 Å². The normalized spacial score (nSPS) is 19.5. The predicted octanol–water partition coefficient (Wildman–Crippen LogP) is -0.325. The van der Waals surface area contributed by atoms with Gasteiger partial charge in [-0.3, -0.25) is 14.5 Å². The Bertz CT molecular complexity index is 515. The smallest absolute Gasteiger partial charge is 0.248 e. The van der Waals surface area contributed by atoms with Crippen LogP contribution in [0.5, 0.6) is 0 Å². The summed E-state index contributed by atoms with van der Waals surface area (Å²) in [4.78, 5) is 24.3. The summed E-state index contributed by atoms with van der Waals surface area (Å²) in [7, 11) is 0. The molecule has 1 aliphatic heterocycles. The molecule has 6 N–H and O–H groups in total. The van der Waals surface area contributed by atoms with Gasteiger partial charge in [0.15, 0.2) is 0 Å². The molecule has 1 unspecified atom stereocenters. The molecule has 1 aliphatic rings. The van der Waals surface area contributed by atoms with E-state index in [0.29, 0.717) is 24.3 Å². The van der Waals surface area contributed by atoms with E-state index < -0.39 is 5.91 Å². The number of amides is 2. The number of nitrogens with two attached hydrogens (primary N) is 3. The molecule has 6 heteroatoms. The van der Waals surface area contributed by atoms with E-state index in [1.807, 2.05) is 0 Å². The Labute approximate surface area is 111 Å². The maximum atomic E-state index is 11.1. The SMILES string of the molecule is NC(=O)c1ccc(CN2CCC(C(N)=O)C2)c(N)c1. The summed E-state index contributed by atoms with van der Waals surface area (Å²) >= 11 is 0. The van der Waals surface area contributed by atoms with Crippen LogP contribution in [0.3, 0.4) is 0 Å². The first kappa shape index (κ1) is 13.4. The molecule has 2 rings (SSSR count). The van der Waals surface area contributed by atoms with Crippen molar-refractivity contribution < 1.29 is 9.59 Å². The molecule has 0 saturated carbocycles. The highest BCUT2D eigenvalue weighted by Gasteiger charge is 2.26. The van der Waals surface area contributed by atoms with E-state index in [9.17, 15) is 9.59 Å². The predicted molar refractivity (Wildman–Crippen MR) is 72.0 cm³/mol. The number of carbonyl (C=O) groups excluding carboxylic acids is 2. The Balaban J connectivity index is 2.04. The van der Waals surface area contributed by atoms with Gasteiger partial charge in [-0.15, -0.1) is 0 Å². The molecular weight excluding hydrogens is 244 g/mol. The largest absolute Gasteiger partial charge is 0.398 e. The minimum absolute atomic E-state index is 0.0777. The molecule has 0 spiro atoms. The van der Waals surface area contributed by atoms with Gasteiger partial charge in [-0.2, -0.15) is 0 Å². The second-order valence-corrected chi connectivity index (χ2v) is 4.90. The van der Waals surface area contributed by atoms with Crippen LogP contribution in [0.15, 0.2) is 18.2 Å². The van der Waals surface area contributed by atoms with Crippen LogP contribution in [0.1, 0.15) is 22.3 Å². The van der Waals surface area contributed by atoms with Crippen LogP contribution >= 0.6 is 0 Å². The Morgan fingerprint density at radius 1 is 1.32 bits per heavy atom. The van der Waals surface area contributed by atoms with Crippen LogP contribution in [0.4, 0.5) is 5.69 Å². The molecular formula is C13H18N4O2. The van der Waals surface area contributed by atoms with Crippen molar-refractivity contribution in [2.24, 2.45) is 17.4 Å². The van der Waals surface area contributed by atoms with Gasteiger partial charge < -0.3 is 17.2 Å². The van der Waals surface area contributed by atoms with Crippen molar-refractivity contribution in [2.75, 3.05) is 18.8 Å². The number of likely N-dealkylation sites (tertiary alicyclic amines) is 1. The van der Waals surface area contributed by atoms with Crippen molar-refractivity contribution in [3.8, 4) is 0 Å². The first-order valence-electron chi connectivity index (χ1n) is 6.17. The number of nitrogens with zero attached hydrogens (tertiary/aromatic N) is 1. The van der Waals surface area contributed by atoms with Crippen LogP contribution in [-0.2, 0) is 11.3 Å². The first-order chi connectivity index (χ1) is 8.97. The van der Waals surface area contributed by atoms with E-state index in [2.05, 4.69) is 4.90 Å². The molecule has 19 heavy (non-hydrogen) atoms. The fraction of sp³-hybridized carbons (Fsp3) is 0.385. The van der Waals surface area contributed by atoms with Gasteiger partial charge in [-0.25, -0.2) is 0 Å². The quantitative estimate of drug-likeness (QED) is 0.644. The summed E-state index contributed by atoms with van der Waals surface area (Å²) in [6.45, 7) is 2.13. The highest BCUT2D eigenvalue weighted by atomic mass is 16.1. The summed E-state index contributed by atoms with van der Waals surface area (Å²) in [6, 6.07) is 5.04. The molecule has 1 fully saturated rings. The second kappa shape index (κ2) is 5.27. The number of anilines is 1. The van der Waals surface area contributed by atoms with Gasteiger partial charge in [0.2, 0.25) is 11.8 Å². The Morgan fingerprint density at radius 2 is 2.05 bits per heavy atom. The molecule has 0 aliphatic carbocycles. The van der Waals surface area contributed by atoms with Crippen molar-refractivity contribution >= 4 is 17.5 Å². The van der Waals surface area contributed by atoms with Crippen LogP contribution in [0, 0.1) is 5.92 Å². The molecule has 0 radical (unpaired) electrons. The minimum Gasteiger partial charge on any atom is -0.398 e. The maximum Gasteiger partial charge on any atom is 0.248 e. The molecule has 1 saturated heterocycles. The number of primary amides is 2. The van der Waals surface area contributed by atoms with Crippen molar-refractivity contribution in [2.45, 2.75) is 13.0 Å². The zero-order valence-corrected chi connectivity index (χ0v) is 10.6. The van der Waals surface area contributed by atoms with E-state index in [4.69, 9.17) is 17.2 Å². The number of carbonyl (C=O) groups is 2. The average molecular weight is 262 g/mol. The summed E-state index contributed by atoms with van der Waals surface area (Å²) in [5.74, 6) is -0.820. The number of hydrogen-bond donors (Lipinski definition) is 3. The third-order valence-corrected chi connectivity index (χ3v) is 3.50. The monoisotopic (exact) mass is 262 g/mol. The maximum absolute atomic E-state index is 11.1. The lowest BCUT2D eigenvalue weighted by Crippen LogP contribution is -2.27. The second-order valence-electron chi connectivity index (χ2n) is 4.90. The lowest BCUT2D eigenvalue weighted by atomic mass is 10.1. The van der Waals surface area contributed by atoms with Crippen LogP contribution in [0.25, 0.3) is 0 Å². The molecule has 1 aromatic rings. The van der Waals surface area contributed by atoms with Gasteiger partial charge in [-0.05, 0) is 30.7 Å². The van der Waals surface area contributed by atoms with Gasteiger partial charge in [-0.1, -0.05) is 6.07 Å². The topological polar surface area (TPSA) is 115 Å². The van der Waals surface area contributed by atoms with Crippen molar-refractivity contribution in [1.82, 2.24) is 4.90 Å². The summed E-state index contributed by atoms with van der Waals surface area (Å²) < 4.78 is 0. The van der Waals surface area contributed by atoms with Crippen LogP contribution in [-0.4, -0.2) is 29.8 Å². The molecule has 1 aromatic carbocycles. The third kappa shape index (κ3) is 3.03. The Hall–Kier alpha value is -2.08. The average Bonchev–Trinajstić information content (AvgIpc) is 2.80. The fourth-order valence-electron chi connectivity index (χ4n) is 2.34. The Morgan fingerprint density at radius 3 is 2.58 bits per heavy atom. The van der Waals surface area contributed by atoms with Gasteiger partial charge in [0.25, 0.3) is 0 Å². The van der Waals surface area contributed by atoms with Gasteiger partial charge >= 0.3 is 0 Å². The number of benzene rings is 1. The van der Waals surface area contributed by atoms with Gasteiger partial charge in [0.05, 0.1) is 5.92 Å².